The van der Waals surface area contributed by atoms with E-state index in [1.54, 1.807) is 12.3 Å². The summed E-state index contributed by atoms with van der Waals surface area (Å²) in [5.41, 5.74) is 9.23. The third kappa shape index (κ3) is 3.68. The van der Waals surface area contributed by atoms with Crippen LogP contribution in [0.25, 0.3) is 44.6 Å². The lowest BCUT2D eigenvalue weighted by molar-refractivity contribution is 0.149. The van der Waals surface area contributed by atoms with E-state index in [1.807, 2.05) is 41.1 Å². The van der Waals surface area contributed by atoms with E-state index in [0.717, 1.165) is 19.4 Å². The minimum Gasteiger partial charge on any atom is -0.383 e. The summed E-state index contributed by atoms with van der Waals surface area (Å²) < 4.78 is 17.9. The van der Waals surface area contributed by atoms with Crippen LogP contribution in [0.3, 0.4) is 0 Å². The van der Waals surface area contributed by atoms with Crippen molar-refractivity contribution in [3.63, 3.8) is 0 Å². The van der Waals surface area contributed by atoms with Gasteiger partial charge in [0.2, 0.25) is 0 Å². The molecule has 1 aliphatic carbocycles. The molecule has 4 heterocycles. The van der Waals surface area contributed by atoms with Gasteiger partial charge in [-0.25, -0.2) is 24.0 Å². The second kappa shape index (κ2) is 8.35. The molecular formula is C26H25FN8. The highest BCUT2D eigenvalue weighted by Gasteiger charge is 2.34. The van der Waals surface area contributed by atoms with Gasteiger partial charge in [-0.15, -0.1) is 0 Å². The minimum absolute atomic E-state index is 0.197. The van der Waals surface area contributed by atoms with E-state index in [1.165, 1.54) is 6.33 Å². The molecule has 0 aliphatic heterocycles. The van der Waals surface area contributed by atoms with Crippen molar-refractivity contribution in [3.05, 3.63) is 60.8 Å². The summed E-state index contributed by atoms with van der Waals surface area (Å²) in [6.07, 6.45) is 5.12. The van der Waals surface area contributed by atoms with Crippen LogP contribution < -0.4 is 5.73 Å². The molecule has 5 aromatic rings. The Morgan fingerprint density at radius 3 is 2.63 bits per heavy atom. The van der Waals surface area contributed by atoms with Gasteiger partial charge >= 0.3 is 0 Å². The van der Waals surface area contributed by atoms with E-state index in [-0.39, 0.29) is 17.4 Å². The number of nitrogen functional groups attached to an aromatic ring is 1. The molecule has 1 aromatic carbocycles. The maximum absolute atomic E-state index is 16.0. The first kappa shape index (κ1) is 21.5. The Morgan fingerprint density at radius 2 is 1.86 bits per heavy atom. The maximum Gasteiger partial charge on any atom is 0.164 e. The number of nitrogens with zero attached hydrogens (tertiary/aromatic N) is 7. The van der Waals surface area contributed by atoms with Gasteiger partial charge < -0.3 is 10.6 Å². The van der Waals surface area contributed by atoms with Gasteiger partial charge in [-0.2, -0.15) is 5.10 Å². The van der Waals surface area contributed by atoms with Crippen LogP contribution in [0.2, 0.25) is 0 Å². The van der Waals surface area contributed by atoms with Gasteiger partial charge in [0.05, 0.1) is 22.8 Å². The van der Waals surface area contributed by atoms with Gasteiger partial charge in [-0.05, 0) is 57.1 Å². The van der Waals surface area contributed by atoms with Crippen LogP contribution in [0.1, 0.15) is 18.9 Å². The quantitative estimate of drug-likeness (QED) is 0.410. The van der Waals surface area contributed by atoms with Crippen LogP contribution >= 0.6 is 0 Å². The number of rotatable bonds is 5. The molecule has 0 radical (unpaired) electrons. The molecule has 6 rings (SSSR count). The van der Waals surface area contributed by atoms with Crippen molar-refractivity contribution in [2.45, 2.75) is 18.9 Å². The summed E-state index contributed by atoms with van der Waals surface area (Å²) in [6.45, 7) is 1.03. The molecule has 176 valence electrons. The summed E-state index contributed by atoms with van der Waals surface area (Å²) in [5, 5.41) is 6.12. The number of hydrogen-bond acceptors (Lipinski definition) is 7. The first-order valence-electron chi connectivity index (χ1n) is 11.6. The van der Waals surface area contributed by atoms with Gasteiger partial charge in [0.25, 0.3) is 0 Å². The van der Waals surface area contributed by atoms with Crippen LogP contribution in [0, 0.1) is 11.7 Å². The van der Waals surface area contributed by atoms with Gasteiger partial charge in [0, 0.05) is 23.7 Å². The summed E-state index contributed by atoms with van der Waals surface area (Å²) in [4.78, 5) is 19.8. The standard InChI is InChI=1S/C26H25FN8/c1-34(2)13-15-11-17(12-15)35-26-21(25(28)30-14-31-26)24(33-35)18-8-6-16-7-9-20(32-23(16)22(18)27)19-5-3-4-10-29-19/h3-10,14-15,17H,11-13H2,1-2H3,(H2,28,30,31). The SMILES string of the molecule is CN(C)CC1CC(n2nc(-c3ccc4ccc(-c5ccccn5)nc4c3F)c3c(N)ncnc32)C1. The number of anilines is 1. The molecule has 1 saturated carbocycles. The number of nitrogens with two attached hydrogens (primary N) is 1. The molecule has 1 aliphatic rings. The maximum atomic E-state index is 16.0. The fourth-order valence-electron chi connectivity index (χ4n) is 5.00. The molecule has 8 nitrogen and oxygen atoms in total. The molecule has 0 saturated heterocycles. The molecule has 0 amide bonds. The molecule has 35 heavy (non-hydrogen) atoms. The number of hydrogen-bond donors (Lipinski definition) is 1. The topological polar surface area (TPSA) is 98.6 Å². The zero-order valence-electron chi connectivity index (χ0n) is 19.6. The molecule has 0 spiro atoms. The zero-order chi connectivity index (χ0) is 24.1. The van der Waals surface area contributed by atoms with E-state index in [0.29, 0.717) is 45.0 Å². The second-order valence-corrected chi connectivity index (χ2v) is 9.41. The average Bonchev–Trinajstić information content (AvgIpc) is 3.22. The van der Waals surface area contributed by atoms with Crippen molar-refractivity contribution in [1.82, 2.24) is 34.6 Å². The number of aromatic nitrogens is 6. The molecular weight excluding hydrogens is 443 g/mol. The highest BCUT2D eigenvalue weighted by atomic mass is 19.1. The molecule has 0 atom stereocenters. The summed E-state index contributed by atoms with van der Waals surface area (Å²) in [7, 11) is 4.16. The number of benzene rings is 1. The smallest absolute Gasteiger partial charge is 0.164 e. The Bertz CT molecular complexity index is 1540. The van der Waals surface area contributed by atoms with Crippen molar-refractivity contribution in [3.8, 4) is 22.6 Å². The molecule has 0 unspecified atom stereocenters. The van der Waals surface area contributed by atoms with E-state index in [2.05, 4.69) is 38.9 Å². The lowest BCUT2D eigenvalue weighted by Gasteiger charge is -2.37. The van der Waals surface area contributed by atoms with Gasteiger partial charge in [0.15, 0.2) is 11.5 Å². The first-order valence-corrected chi connectivity index (χ1v) is 11.6. The third-order valence-corrected chi connectivity index (χ3v) is 6.68. The van der Waals surface area contributed by atoms with Crippen LogP contribution in [0.15, 0.2) is 55.0 Å². The largest absolute Gasteiger partial charge is 0.383 e. The van der Waals surface area contributed by atoms with Gasteiger partial charge in [-0.1, -0.05) is 18.2 Å². The third-order valence-electron chi connectivity index (χ3n) is 6.68. The fourth-order valence-corrected chi connectivity index (χ4v) is 5.00. The lowest BCUT2D eigenvalue weighted by atomic mass is 9.80. The monoisotopic (exact) mass is 468 g/mol. The summed E-state index contributed by atoms with van der Waals surface area (Å²) >= 11 is 0. The van der Waals surface area contributed by atoms with Crippen LogP contribution in [-0.2, 0) is 0 Å². The van der Waals surface area contributed by atoms with Crippen molar-refractivity contribution in [2.75, 3.05) is 26.4 Å². The summed E-state index contributed by atoms with van der Waals surface area (Å²) in [5.74, 6) is 0.438. The molecule has 9 heteroatoms. The average molecular weight is 469 g/mol. The van der Waals surface area contributed by atoms with E-state index in [9.17, 15) is 0 Å². The van der Waals surface area contributed by atoms with Crippen LogP contribution in [0.4, 0.5) is 10.2 Å². The summed E-state index contributed by atoms with van der Waals surface area (Å²) in [6, 6.07) is 13.0. The Kier molecular flexibility index (Phi) is 5.14. The number of pyridine rings is 2. The number of halogens is 1. The van der Waals surface area contributed by atoms with E-state index >= 15 is 4.39 Å². The zero-order valence-corrected chi connectivity index (χ0v) is 19.6. The van der Waals surface area contributed by atoms with E-state index in [4.69, 9.17) is 10.8 Å². The normalized spacial score (nSPS) is 17.8. The highest BCUT2D eigenvalue weighted by Crippen LogP contribution is 2.42. The second-order valence-electron chi connectivity index (χ2n) is 9.41. The van der Waals surface area contributed by atoms with Crippen molar-refractivity contribution in [2.24, 2.45) is 5.92 Å². The lowest BCUT2D eigenvalue weighted by Crippen LogP contribution is -2.34. The van der Waals surface area contributed by atoms with Crippen molar-refractivity contribution < 1.29 is 4.39 Å². The molecule has 2 N–H and O–H groups in total. The molecule has 1 fully saturated rings. The Labute approximate surface area is 201 Å². The van der Waals surface area contributed by atoms with E-state index < -0.39 is 5.82 Å². The fraction of sp³-hybridized carbons (Fsp3) is 0.269. The van der Waals surface area contributed by atoms with Crippen LogP contribution in [0.5, 0.6) is 0 Å². The predicted octanol–water partition coefficient (Wildman–Crippen LogP) is 4.34. The van der Waals surface area contributed by atoms with Crippen molar-refractivity contribution >= 4 is 27.8 Å². The Morgan fingerprint density at radius 1 is 1.03 bits per heavy atom. The van der Waals surface area contributed by atoms with Gasteiger partial charge in [-0.3, -0.25) is 4.98 Å². The van der Waals surface area contributed by atoms with Crippen LogP contribution in [-0.4, -0.2) is 55.3 Å². The number of fused-ring (bicyclic) bond motifs is 2. The van der Waals surface area contributed by atoms with Gasteiger partial charge in [0.1, 0.15) is 23.4 Å². The first-order chi connectivity index (χ1) is 17.0. The Hall–Kier alpha value is -3.98. The molecule has 0 bridgehead atoms. The van der Waals surface area contributed by atoms with Crippen molar-refractivity contribution in [1.29, 1.82) is 0 Å². The Balaban J connectivity index is 1.47. The highest BCUT2D eigenvalue weighted by molar-refractivity contribution is 6.00. The minimum atomic E-state index is -0.450. The predicted molar refractivity (Wildman–Crippen MR) is 134 cm³/mol. The molecule has 4 aromatic heterocycles.